The second kappa shape index (κ2) is 8.17. The van der Waals surface area contributed by atoms with Crippen LogP contribution in [0.5, 0.6) is 5.75 Å². The average Bonchev–Trinajstić information content (AvgIpc) is 3.24. The lowest BCUT2D eigenvalue weighted by Crippen LogP contribution is -2.51. The highest BCUT2D eigenvalue weighted by atomic mass is 19.4. The lowest BCUT2D eigenvalue weighted by molar-refractivity contribution is -0.173. The molecule has 188 valence electrons. The van der Waals surface area contributed by atoms with E-state index in [-0.39, 0.29) is 29.1 Å². The fraction of sp³-hybridized carbons (Fsp3) is 0.615. The Bertz CT molecular complexity index is 1080. The summed E-state index contributed by atoms with van der Waals surface area (Å²) in [5.41, 5.74) is 1.01. The number of rotatable bonds is 5. The lowest BCUT2D eigenvalue weighted by atomic mass is 9.49. The number of methoxy groups -OCH3 is 1. The van der Waals surface area contributed by atoms with Gasteiger partial charge < -0.3 is 15.4 Å². The molecule has 4 aliphatic carbocycles. The summed E-state index contributed by atoms with van der Waals surface area (Å²) in [4.78, 5) is 13.3. The summed E-state index contributed by atoms with van der Waals surface area (Å²) >= 11 is 0. The Kier molecular flexibility index (Phi) is 5.30. The Morgan fingerprint density at radius 2 is 1.74 bits per heavy atom. The van der Waals surface area contributed by atoms with Gasteiger partial charge in [0.05, 0.1) is 19.3 Å². The molecule has 1 aromatic carbocycles. The van der Waals surface area contributed by atoms with Gasteiger partial charge >= 0.3 is 6.18 Å². The molecular formula is C26H31F3N4O2. The van der Waals surface area contributed by atoms with Crippen molar-refractivity contribution in [2.75, 3.05) is 19.0 Å². The van der Waals surface area contributed by atoms with Crippen LogP contribution in [0.2, 0.25) is 0 Å². The quantitative estimate of drug-likeness (QED) is 0.583. The SMILES string of the molecule is COc1ccc([C@H]2C[C@H](C(F)(F)F)n3ncc(C(=O)NCC45CC6CC(CC(C6)C4)C5)c3N2)cc1. The maximum atomic E-state index is 14.0. The number of hydrogen-bond donors (Lipinski definition) is 2. The zero-order valence-corrected chi connectivity index (χ0v) is 19.8. The summed E-state index contributed by atoms with van der Waals surface area (Å²) in [5, 5.41) is 10.3. The number of benzene rings is 1. The van der Waals surface area contributed by atoms with E-state index in [4.69, 9.17) is 4.74 Å². The third-order valence-corrected chi connectivity index (χ3v) is 8.79. The van der Waals surface area contributed by atoms with Crippen molar-refractivity contribution in [1.29, 1.82) is 0 Å². The van der Waals surface area contributed by atoms with Gasteiger partial charge in [0.25, 0.3) is 5.91 Å². The van der Waals surface area contributed by atoms with Gasteiger partial charge in [0, 0.05) is 13.0 Å². The van der Waals surface area contributed by atoms with E-state index < -0.39 is 18.3 Å². The van der Waals surface area contributed by atoms with E-state index in [1.54, 1.807) is 31.4 Å². The minimum atomic E-state index is -4.49. The molecule has 4 fully saturated rings. The van der Waals surface area contributed by atoms with Crippen LogP contribution in [0.3, 0.4) is 0 Å². The molecule has 2 atom stereocenters. The van der Waals surface area contributed by atoms with Crippen LogP contribution in [-0.2, 0) is 0 Å². The van der Waals surface area contributed by atoms with E-state index in [1.807, 2.05) is 0 Å². The molecule has 0 unspecified atom stereocenters. The summed E-state index contributed by atoms with van der Waals surface area (Å²) in [5.74, 6) is 2.70. The molecule has 9 heteroatoms. The monoisotopic (exact) mass is 488 g/mol. The van der Waals surface area contributed by atoms with Crippen molar-refractivity contribution in [3.05, 3.63) is 41.6 Å². The molecule has 4 saturated carbocycles. The minimum absolute atomic E-state index is 0.127. The van der Waals surface area contributed by atoms with Crippen LogP contribution in [0.1, 0.15) is 73.0 Å². The van der Waals surface area contributed by atoms with E-state index in [2.05, 4.69) is 15.7 Å². The number of aromatic nitrogens is 2. The molecule has 2 N–H and O–H groups in total. The van der Waals surface area contributed by atoms with Gasteiger partial charge in [-0.25, -0.2) is 4.68 Å². The van der Waals surface area contributed by atoms with Gasteiger partial charge in [0.2, 0.25) is 0 Å². The van der Waals surface area contributed by atoms with Crippen LogP contribution in [0, 0.1) is 23.2 Å². The molecular weight excluding hydrogens is 457 g/mol. The van der Waals surface area contributed by atoms with Crippen molar-refractivity contribution in [1.82, 2.24) is 15.1 Å². The molecule has 7 rings (SSSR count). The summed E-state index contributed by atoms with van der Waals surface area (Å²) in [6, 6.07) is 4.54. The number of carbonyl (C=O) groups excluding carboxylic acids is 1. The molecule has 5 aliphatic rings. The van der Waals surface area contributed by atoms with E-state index in [0.717, 1.165) is 41.7 Å². The van der Waals surface area contributed by atoms with Crippen LogP contribution in [-0.4, -0.2) is 35.5 Å². The number of nitrogens with zero attached hydrogens (tertiary/aromatic N) is 2. The second-order valence-corrected chi connectivity index (χ2v) is 11.2. The fourth-order valence-corrected chi connectivity index (χ4v) is 7.65. The van der Waals surface area contributed by atoms with Gasteiger partial charge in [-0.2, -0.15) is 18.3 Å². The Balaban J connectivity index is 1.23. The highest BCUT2D eigenvalue weighted by Crippen LogP contribution is 2.59. The zero-order valence-electron chi connectivity index (χ0n) is 19.8. The first-order chi connectivity index (χ1) is 16.7. The van der Waals surface area contributed by atoms with Gasteiger partial charge in [-0.05, 0) is 79.4 Å². The Morgan fingerprint density at radius 3 is 2.31 bits per heavy atom. The van der Waals surface area contributed by atoms with Crippen molar-refractivity contribution in [2.45, 2.75) is 63.2 Å². The topological polar surface area (TPSA) is 68.2 Å². The molecule has 2 heterocycles. The van der Waals surface area contributed by atoms with Crippen molar-refractivity contribution in [2.24, 2.45) is 23.2 Å². The van der Waals surface area contributed by atoms with E-state index >= 15 is 0 Å². The van der Waals surface area contributed by atoms with E-state index in [0.29, 0.717) is 17.9 Å². The molecule has 6 nitrogen and oxygen atoms in total. The first kappa shape index (κ1) is 22.7. The fourth-order valence-electron chi connectivity index (χ4n) is 7.65. The minimum Gasteiger partial charge on any atom is -0.497 e. The molecule has 0 radical (unpaired) electrons. The lowest BCUT2D eigenvalue weighted by Gasteiger charge is -2.56. The number of hydrogen-bond acceptors (Lipinski definition) is 4. The first-order valence-corrected chi connectivity index (χ1v) is 12.6. The van der Waals surface area contributed by atoms with Gasteiger partial charge in [-0.1, -0.05) is 12.1 Å². The second-order valence-electron chi connectivity index (χ2n) is 11.2. The highest BCUT2D eigenvalue weighted by Gasteiger charge is 2.51. The molecule has 0 spiro atoms. The van der Waals surface area contributed by atoms with Crippen molar-refractivity contribution in [3.8, 4) is 5.75 Å². The Labute approximate surface area is 202 Å². The molecule has 2 aromatic rings. The molecule has 1 aromatic heterocycles. The predicted octanol–water partition coefficient (Wildman–Crippen LogP) is 5.50. The van der Waals surface area contributed by atoms with Crippen LogP contribution >= 0.6 is 0 Å². The third-order valence-electron chi connectivity index (χ3n) is 8.79. The number of fused-ring (bicyclic) bond motifs is 1. The molecule has 35 heavy (non-hydrogen) atoms. The average molecular weight is 489 g/mol. The maximum absolute atomic E-state index is 14.0. The summed E-state index contributed by atoms with van der Waals surface area (Å²) in [7, 11) is 1.54. The van der Waals surface area contributed by atoms with Crippen molar-refractivity contribution < 1.29 is 22.7 Å². The third kappa shape index (κ3) is 4.06. The normalized spacial score (nSPS) is 33.2. The van der Waals surface area contributed by atoms with Crippen LogP contribution in [0.15, 0.2) is 30.5 Å². The van der Waals surface area contributed by atoms with Gasteiger partial charge in [0.15, 0.2) is 6.04 Å². The molecule has 1 aliphatic heterocycles. The number of carbonyl (C=O) groups is 1. The number of anilines is 1. The van der Waals surface area contributed by atoms with Crippen molar-refractivity contribution >= 4 is 11.7 Å². The standard InChI is InChI=1S/C26H31F3N4O2/c1-35-19-4-2-18(3-5-19)21-9-22(26(27,28)29)33-23(32-21)20(13-31-33)24(34)30-14-25-10-15-6-16(11-25)8-17(7-15)12-25/h2-5,13,15-17,21-22,32H,6-12,14H2,1H3,(H,30,34)/t15?,16?,17?,21-,22-,25?/m1/s1. The number of alkyl halides is 3. The highest BCUT2D eigenvalue weighted by molar-refractivity contribution is 5.99. The molecule has 0 saturated heterocycles. The number of ether oxygens (including phenoxy) is 1. The number of nitrogens with one attached hydrogen (secondary N) is 2. The summed E-state index contributed by atoms with van der Waals surface area (Å²) in [6.07, 6.45) is 3.99. The summed E-state index contributed by atoms with van der Waals surface area (Å²) in [6.45, 7) is 0.588. The molecule has 1 amide bonds. The molecule has 4 bridgehead atoms. The van der Waals surface area contributed by atoms with E-state index in [1.165, 1.54) is 25.5 Å². The Morgan fingerprint density at radius 1 is 1.11 bits per heavy atom. The zero-order chi connectivity index (χ0) is 24.4. The van der Waals surface area contributed by atoms with Crippen LogP contribution in [0.4, 0.5) is 19.0 Å². The maximum Gasteiger partial charge on any atom is 0.410 e. The van der Waals surface area contributed by atoms with Crippen LogP contribution in [0.25, 0.3) is 0 Å². The smallest absolute Gasteiger partial charge is 0.410 e. The van der Waals surface area contributed by atoms with Crippen molar-refractivity contribution in [3.63, 3.8) is 0 Å². The van der Waals surface area contributed by atoms with E-state index in [9.17, 15) is 18.0 Å². The van der Waals surface area contributed by atoms with Gasteiger partial charge in [-0.3, -0.25) is 4.79 Å². The summed E-state index contributed by atoms with van der Waals surface area (Å²) < 4.78 is 48.1. The van der Waals surface area contributed by atoms with Gasteiger partial charge in [-0.15, -0.1) is 0 Å². The first-order valence-electron chi connectivity index (χ1n) is 12.6. The number of halogens is 3. The van der Waals surface area contributed by atoms with Crippen LogP contribution < -0.4 is 15.4 Å². The van der Waals surface area contributed by atoms with Gasteiger partial charge in [0.1, 0.15) is 17.1 Å². The largest absolute Gasteiger partial charge is 0.497 e. The number of amides is 1. The Hall–Kier alpha value is -2.71. The predicted molar refractivity (Wildman–Crippen MR) is 124 cm³/mol.